The molecule has 0 spiro atoms. The highest BCUT2D eigenvalue weighted by Gasteiger charge is 2.48. The van der Waals surface area contributed by atoms with Gasteiger partial charge >= 0.3 is 12.0 Å². The van der Waals surface area contributed by atoms with E-state index in [0.717, 1.165) is 0 Å². The van der Waals surface area contributed by atoms with Crippen molar-refractivity contribution in [3.8, 4) is 11.5 Å². The molecule has 20 heavy (non-hydrogen) atoms. The number of aromatic hydroxyl groups is 1. The fraction of sp³-hybridized carbons (Fsp3) is 0.417. The third-order valence-corrected chi connectivity index (χ3v) is 2.72. The highest BCUT2D eigenvalue weighted by Crippen LogP contribution is 2.41. The SMILES string of the molecule is CCOc1cccc([C@H]2NC(=O)OCC2(F)F)c1O.Cl. The Balaban J connectivity index is 0.00000200. The monoisotopic (exact) mass is 309 g/mol. The molecular weight excluding hydrogens is 296 g/mol. The number of rotatable bonds is 3. The second kappa shape index (κ2) is 6.13. The Morgan fingerprint density at radius 3 is 2.90 bits per heavy atom. The van der Waals surface area contributed by atoms with Crippen LogP contribution >= 0.6 is 12.4 Å². The smallest absolute Gasteiger partial charge is 0.408 e. The van der Waals surface area contributed by atoms with Gasteiger partial charge in [-0.15, -0.1) is 12.4 Å². The van der Waals surface area contributed by atoms with Gasteiger partial charge in [-0.05, 0) is 13.0 Å². The average Bonchev–Trinajstić information content (AvgIpc) is 2.36. The molecule has 0 aliphatic carbocycles. The number of hydrogen-bond donors (Lipinski definition) is 2. The van der Waals surface area contributed by atoms with Gasteiger partial charge in [-0.1, -0.05) is 12.1 Å². The number of cyclic esters (lactones) is 1. The minimum Gasteiger partial charge on any atom is -0.504 e. The fourth-order valence-electron chi connectivity index (χ4n) is 1.86. The maximum Gasteiger partial charge on any atom is 0.408 e. The van der Waals surface area contributed by atoms with Crippen LogP contribution in [-0.2, 0) is 4.74 Å². The Kier molecular flexibility index (Phi) is 4.99. The van der Waals surface area contributed by atoms with Crippen molar-refractivity contribution in [1.29, 1.82) is 0 Å². The van der Waals surface area contributed by atoms with Gasteiger partial charge in [-0.2, -0.15) is 0 Å². The van der Waals surface area contributed by atoms with E-state index < -0.39 is 30.4 Å². The summed E-state index contributed by atoms with van der Waals surface area (Å²) in [6.45, 7) is 0.965. The summed E-state index contributed by atoms with van der Waals surface area (Å²) in [5.74, 6) is -3.62. The Labute approximate surface area is 120 Å². The van der Waals surface area contributed by atoms with Crippen molar-refractivity contribution in [2.45, 2.75) is 18.9 Å². The predicted octanol–water partition coefficient (Wildman–Crippen LogP) is 2.63. The normalized spacial score (nSPS) is 20.4. The Morgan fingerprint density at radius 1 is 1.55 bits per heavy atom. The molecule has 2 rings (SSSR count). The summed E-state index contributed by atoms with van der Waals surface area (Å²) in [4.78, 5) is 11.1. The van der Waals surface area contributed by atoms with Crippen LogP contribution in [0.1, 0.15) is 18.5 Å². The van der Waals surface area contributed by atoms with Crippen molar-refractivity contribution in [3.63, 3.8) is 0 Å². The molecule has 0 bridgehead atoms. The van der Waals surface area contributed by atoms with Crippen LogP contribution in [0, 0.1) is 0 Å². The molecule has 1 aromatic carbocycles. The number of phenols is 1. The van der Waals surface area contributed by atoms with E-state index in [2.05, 4.69) is 4.74 Å². The predicted molar refractivity (Wildman–Crippen MR) is 68.7 cm³/mol. The first-order valence-corrected chi connectivity index (χ1v) is 5.71. The van der Waals surface area contributed by atoms with E-state index >= 15 is 0 Å². The number of halogens is 3. The number of hydrogen-bond acceptors (Lipinski definition) is 4. The van der Waals surface area contributed by atoms with Gasteiger partial charge in [-0.25, -0.2) is 13.6 Å². The second-order valence-electron chi connectivity index (χ2n) is 4.04. The summed E-state index contributed by atoms with van der Waals surface area (Å²) < 4.78 is 36.8. The highest BCUT2D eigenvalue weighted by atomic mass is 35.5. The minimum absolute atomic E-state index is 0. The summed E-state index contributed by atoms with van der Waals surface area (Å²) in [7, 11) is 0. The molecule has 1 aromatic rings. The van der Waals surface area contributed by atoms with Gasteiger partial charge in [-0.3, -0.25) is 0 Å². The van der Waals surface area contributed by atoms with E-state index in [1.54, 1.807) is 6.92 Å². The van der Waals surface area contributed by atoms with Crippen LogP contribution in [0.2, 0.25) is 0 Å². The molecule has 1 heterocycles. The van der Waals surface area contributed by atoms with E-state index in [-0.39, 0.29) is 30.3 Å². The van der Waals surface area contributed by atoms with Gasteiger partial charge in [0.05, 0.1) is 6.61 Å². The van der Waals surface area contributed by atoms with Crippen molar-refractivity contribution in [2.75, 3.05) is 13.2 Å². The summed E-state index contributed by atoms with van der Waals surface area (Å²) in [6.07, 6.45) is -0.947. The van der Waals surface area contributed by atoms with Gasteiger partial charge in [0.15, 0.2) is 18.1 Å². The van der Waals surface area contributed by atoms with Crippen molar-refractivity contribution in [3.05, 3.63) is 23.8 Å². The van der Waals surface area contributed by atoms with Gasteiger partial charge < -0.3 is 19.9 Å². The third-order valence-electron chi connectivity index (χ3n) is 2.72. The number of alkyl carbamates (subject to hydrolysis) is 1. The number of amides is 1. The Hall–Kier alpha value is -1.76. The number of alkyl halides is 2. The van der Waals surface area contributed by atoms with Crippen LogP contribution in [0.3, 0.4) is 0 Å². The van der Waals surface area contributed by atoms with Gasteiger partial charge in [0.2, 0.25) is 0 Å². The molecule has 1 atom stereocenters. The molecule has 0 saturated carbocycles. The number of nitrogens with one attached hydrogen (secondary N) is 1. The second-order valence-corrected chi connectivity index (χ2v) is 4.04. The van der Waals surface area contributed by atoms with E-state index in [4.69, 9.17) is 4.74 Å². The zero-order valence-corrected chi connectivity index (χ0v) is 11.4. The first kappa shape index (κ1) is 16.3. The topological polar surface area (TPSA) is 67.8 Å². The van der Waals surface area contributed by atoms with E-state index in [0.29, 0.717) is 0 Å². The minimum atomic E-state index is -3.31. The molecule has 2 N–H and O–H groups in total. The summed E-state index contributed by atoms with van der Waals surface area (Å²) in [5.41, 5.74) is -0.104. The lowest BCUT2D eigenvalue weighted by Crippen LogP contribution is -2.49. The molecule has 1 saturated heterocycles. The van der Waals surface area contributed by atoms with Crippen molar-refractivity contribution in [1.82, 2.24) is 5.32 Å². The zero-order chi connectivity index (χ0) is 14.0. The lowest BCUT2D eigenvalue weighted by atomic mass is 9.98. The number of carbonyl (C=O) groups excluding carboxylic acids is 1. The molecule has 8 heteroatoms. The standard InChI is InChI=1S/C12H13F2NO4.ClH/c1-2-18-8-5-3-4-7(9(8)16)10-12(13,14)6-19-11(17)15-10;/h3-5,10,16H,2,6H2,1H3,(H,15,17);1H/t10-;/m1./s1. The quantitative estimate of drug-likeness (QED) is 0.900. The van der Waals surface area contributed by atoms with E-state index in [9.17, 15) is 18.7 Å². The van der Waals surface area contributed by atoms with Crippen LogP contribution in [0.15, 0.2) is 18.2 Å². The molecule has 1 aliphatic heterocycles. The highest BCUT2D eigenvalue weighted by molar-refractivity contribution is 5.85. The van der Waals surface area contributed by atoms with Gasteiger partial charge in [0, 0.05) is 5.56 Å². The van der Waals surface area contributed by atoms with Crippen LogP contribution in [0.4, 0.5) is 13.6 Å². The number of benzene rings is 1. The summed E-state index contributed by atoms with van der Waals surface area (Å²) >= 11 is 0. The first-order chi connectivity index (χ1) is 8.95. The molecule has 5 nitrogen and oxygen atoms in total. The molecule has 1 amide bonds. The fourth-order valence-corrected chi connectivity index (χ4v) is 1.86. The third kappa shape index (κ3) is 3.04. The Morgan fingerprint density at radius 2 is 2.25 bits per heavy atom. The molecule has 0 aromatic heterocycles. The van der Waals surface area contributed by atoms with Gasteiger partial charge in [0.25, 0.3) is 0 Å². The van der Waals surface area contributed by atoms with E-state index in [1.165, 1.54) is 18.2 Å². The molecule has 1 aliphatic rings. The van der Waals surface area contributed by atoms with E-state index in [1.807, 2.05) is 5.32 Å². The maximum atomic E-state index is 13.7. The molecular formula is C12H14ClF2NO4. The van der Waals surface area contributed by atoms with Crippen molar-refractivity contribution in [2.24, 2.45) is 0 Å². The van der Waals surface area contributed by atoms with Crippen LogP contribution < -0.4 is 10.1 Å². The molecule has 0 unspecified atom stereocenters. The molecule has 1 fully saturated rings. The number of para-hydroxylation sites is 1. The lowest BCUT2D eigenvalue weighted by molar-refractivity contribution is -0.104. The lowest BCUT2D eigenvalue weighted by Gasteiger charge is -2.32. The van der Waals surface area contributed by atoms with Crippen molar-refractivity contribution < 1.29 is 28.2 Å². The van der Waals surface area contributed by atoms with Crippen LogP contribution in [-0.4, -0.2) is 30.3 Å². The van der Waals surface area contributed by atoms with Crippen LogP contribution in [0.25, 0.3) is 0 Å². The number of carbonyl (C=O) groups is 1. The average molecular weight is 310 g/mol. The molecule has 112 valence electrons. The number of phenolic OH excluding ortho intramolecular Hbond substituents is 1. The maximum absolute atomic E-state index is 13.7. The largest absolute Gasteiger partial charge is 0.504 e. The molecule has 0 radical (unpaired) electrons. The van der Waals surface area contributed by atoms with Crippen LogP contribution in [0.5, 0.6) is 11.5 Å². The zero-order valence-electron chi connectivity index (χ0n) is 10.6. The van der Waals surface area contributed by atoms with Gasteiger partial charge in [0.1, 0.15) is 6.04 Å². The Bertz CT molecular complexity index is 498. The summed E-state index contributed by atoms with van der Waals surface area (Å²) in [6, 6.07) is 2.59. The van der Waals surface area contributed by atoms with Crippen molar-refractivity contribution >= 4 is 18.5 Å². The summed E-state index contributed by atoms with van der Waals surface area (Å²) in [5, 5.41) is 11.9. The number of ether oxygens (including phenoxy) is 2. The first-order valence-electron chi connectivity index (χ1n) is 5.71.